The third kappa shape index (κ3) is 4.11. The molecule has 0 saturated heterocycles. The number of hydrogen-bond donors (Lipinski definition) is 0. The van der Waals surface area contributed by atoms with Crippen LogP contribution in [0.4, 0.5) is 0 Å². The van der Waals surface area contributed by atoms with Gasteiger partial charge in [0.05, 0.1) is 11.3 Å². The van der Waals surface area contributed by atoms with Crippen LogP contribution in [0.25, 0.3) is 22.0 Å². The van der Waals surface area contributed by atoms with Crippen LogP contribution in [-0.2, 0) is 16.8 Å². The molecule has 0 radical (unpaired) electrons. The van der Waals surface area contributed by atoms with E-state index >= 15 is 0 Å². The molecule has 4 rings (SSSR count). The molecule has 0 aliphatic carbocycles. The van der Waals surface area contributed by atoms with E-state index in [1.807, 2.05) is 85.1 Å². The lowest BCUT2D eigenvalue weighted by atomic mass is 9.87. The van der Waals surface area contributed by atoms with Gasteiger partial charge in [-0.3, -0.25) is 4.98 Å². The zero-order valence-electron chi connectivity index (χ0n) is 17.6. The third-order valence-corrected chi connectivity index (χ3v) is 5.29. The van der Waals surface area contributed by atoms with Crippen molar-refractivity contribution in [1.82, 2.24) is 4.98 Å². The minimum Gasteiger partial charge on any atom is -0.457 e. The number of hydrogen-bond acceptors (Lipinski definition) is 3. The molecule has 3 aromatic carbocycles. The Bertz CT molecular complexity index is 1170. The van der Waals surface area contributed by atoms with Gasteiger partial charge in [-0.05, 0) is 28.5 Å². The molecule has 0 N–H and O–H groups in total. The lowest BCUT2D eigenvalue weighted by Gasteiger charge is -2.19. The Kier molecular flexibility index (Phi) is 5.37. The van der Waals surface area contributed by atoms with Crippen LogP contribution in [0.1, 0.15) is 42.3 Å². The van der Waals surface area contributed by atoms with E-state index < -0.39 is 0 Å². The molecule has 4 aromatic rings. The first kappa shape index (κ1) is 19.8. The van der Waals surface area contributed by atoms with E-state index in [2.05, 4.69) is 25.8 Å². The van der Waals surface area contributed by atoms with Crippen LogP contribution in [-0.4, -0.2) is 11.0 Å². The monoisotopic (exact) mass is 395 g/mol. The van der Waals surface area contributed by atoms with E-state index in [0.29, 0.717) is 5.56 Å². The molecule has 0 amide bonds. The topological polar surface area (TPSA) is 39.2 Å². The highest BCUT2D eigenvalue weighted by molar-refractivity contribution is 5.91. The summed E-state index contributed by atoms with van der Waals surface area (Å²) in [4.78, 5) is 17.4. The number of ether oxygens (including phenoxy) is 1. The van der Waals surface area contributed by atoms with Gasteiger partial charge in [0.2, 0.25) is 0 Å². The summed E-state index contributed by atoms with van der Waals surface area (Å²) in [5, 5.41) is 2.07. The number of esters is 1. The van der Waals surface area contributed by atoms with Crippen molar-refractivity contribution in [3.8, 4) is 11.3 Å². The molecule has 0 spiro atoms. The first-order valence-electron chi connectivity index (χ1n) is 10.1. The van der Waals surface area contributed by atoms with E-state index in [1.54, 1.807) is 0 Å². The SMILES string of the molecule is CC(C)(C)c1ccc(C(=O)OCc2c(-c3ccccc3)ncc3ccccc23)cc1. The van der Waals surface area contributed by atoms with Gasteiger partial charge in [-0.1, -0.05) is 87.5 Å². The fourth-order valence-corrected chi connectivity index (χ4v) is 3.54. The number of rotatable bonds is 4. The van der Waals surface area contributed by atoms with E-state index in [0.717, 1.165) is 27.6 Å². The standard InChI is InChI=1S/C27H25NO2/c1-27(2,3)22-15-13-20(14-16-22)26(29)30-18-24-23-12-8-7-11-21(23)17-28-25(24)19-9-5-4-6-10-19/h4-17H,18H2,1-3H3. The Balaban J connectivity index is 1.64. The predicted octanol–water partition coefficient (Wildman–Crippen LogP) is 6.56. The highest BCUT2D eigenvalue weighted by Crippen LogP contribution is 2.29. The molecule has 3 heteroatoms. The average Bonchev–Trinajstić information content (AvgIpc) is 2.77. The molecule has 30 heavy (non-hydrogen) atoms. The van der Waals surface area contributed by atoms with Gasteiger partial charge >= 0.3 is 5.97 Å². The van der Waals surface area contributed by atoms with Gasteiger partial charge < -0.3 is 4.74 Å². The minimum atomic E-state index is -0.331. The smallest absolute Gasteiger partial charge is 0.338 e. The molecule has 1 aromatic heterocycles. The Morgan fingerprint density at radius 3 is 2.23 bits per heavy atom. The zero-order valence-corrected chi connectivity index (χ0v) is 17.6. The van der Waals surface area contributed by atoms with Gasteiger partial charge in [-0.15, -0.1) is 0 Å². The molecule has 0 aliphatic heterocycles. The van der Waals surface area contributed by atoms with Crippen molar-refractivity contribution in [3.05, 3.63) is 102 Å². The van der Waals surface area contributed by atoms with Crippen LogP contribution in [0.5, 0.6) is 0 Å². The molecule has 0 saturated carbocycles. The summed E-state index contributed by atoms with van der Waals surface area (Å²) in [5.74, 6) is -0.331. The summed E-state index contributed by atoms with van der Waals surface area (Å²) in [7, 11) is 0. The van der Waals surface area contributed by atoms with Crippen molar-refractivity contribution in [2.75, 3.05) is 0 Å². The van der Waals surface area contributed by atoms with Crippen molar-refractivity contribution in [2.45, 2.75) is 32.8 Å². The normalized spacial score (nSPS) is 11.4. The highest BCUT2D eigenvalue weighted by Gasteiger charge is 2.17. The summed E-state index contributed by atoms with van der Waals surface area (Å²) in [6.07, 6.45) is 1.87. The predicted molar refractivity (Wildman–Crippen MR) is 121 cm³/mol. The molecule has 0 fully saturated rings. The zero-order chi connectivity index (χ0) is 21.1. The number of pyridine rings is 1. The number of carbonyl (C=O) groups is 1. The summed E-state index contributed by atoms with van der Waals surface area (Å²) in [5.41, 5.74) is 4.54. The van der Waals surface area contributed by atoms with E-state index in [1.165, 1.54) is 5.56 Å². The largest absolute Gasteiger partial charge is 0.457 e. The summed E-state index contributed by atoms with van der Waals surface area (Å²) in [6.45, 7) is 6.62. The Labute approximate surface area is 177 Å². The molecular weight excluding hydrogens is 370 g/mol. The lowest BCUT2D eigenvalue weighted by molar-refractivity contribution is 0.0474. The van der Waals surface area contributed by atoms with Crippen molar-refractivity contribution >= 4 is 16.7 Å². The molecule has 0 aliphatic rings. The average molecular weight is 396 g/mol. The number of fused-ring (bicyclic) bond motifs is 1. The van der Waals surface area contributed by atoms with Crippen molar-refractivity contribution in [2.24, 2.45) is 0 Å². The van der Waals surface area contributed by atoms with Crippen molar-refractivity contribution in [1.29, 1.82) is 0 Å². The second-order valence-corrected chi connectivity index (χ2v) is 8.44. The van der Waals surface area contributed by atoms with Gasteiger partial charge in [0.1, 0.15) is 6.61 Å². The van der Waals surface area contributed by atoms with Crippen LogP contribution < -0.4 is 0 Å². The number of benzene rings is 3. The Morgan fingerprint density at radius 2 is 1.53 bits per heavy atom. The minimum absolute atomic E-state index is 0.0433. The molecule has 150 valence electrons. The maximum absolute atomic E-state index is 12.7. The molecule has 0 unspecified atom stereocenters. The fourth-order valence-electron chi connectivity index (χ4n) is 3.54. The van der Waals surface area contributed by atoms with E-state index in [4.69, 9.17) is 4.74 Å². The van der Waals surface area contributed by atoms with Crippen molar-refractivity contribution in [3.63, 3.8) is 0 Å². The molecule has 0 bridgehead atoms. The van der Waals surface area contributed by atoms with Gasteiger partial charge in [0.25, 0.3) is 0 Å². The van der Waals surface area contributed by atoms with Gasteiger partial charge in [-0.2, -0.15) is 0 Å². The number of nitrogens with zero attached hydrogens (tertiary/aromatic N) is 1. The Morgan fingerprint density at radius 1 is 0.867 bits per heavy atom. The molecular formula is C27H25NO2. The van der Waals surface area contributed by atoms with E-state index in [9.17, 15) is 4.79 Å². The quantitative estimate of drug-likeness (QED) is 0.368. The number of carbonyl (C=O) groups excluding carboxylic acids is 1. The van der Waals surface area contributed by atoms with Gasteiger partial charge in [0, 0.05) is 22.7 Å². The second kappa shape index (κ2) is 8.11. The van der Waals surface area contributed by atoms with Crippen LogP contribution in [0.15, 0.2) is 85.1 Å². The summed E-state index contributed by atoms with van der Waals surface area (Å²) in [6, 6.07) is 25.7. The van der Waals surface area contributed by atoms with Crippen LogP contribution >= 0.6 is 0 Å². The van der Waals surface area contributed by atoms with Crippen molar-refractivity contribution < 1.29 is 9.53 Å². The Hall–Kier alpha value is -3.46. The van der Waals surface area contributed by atoms with Crippen LogP contribution in [0.2, 0.25) is 0 Å². The molecule has 1 heterocycles. The highest BCUT2D eigenvalue weighted by atomic mass is 16.5. The lowest BCUT2D eigenvalue weighted by Crippen LogP contribution is -2.12. The molecule has 0 atom stereocenters. The summed E-state index contributed by atoms with van der Waals surface area (Å²) < 4.78 is 5.73. The maximum atomic E-state index is 12.7. The third-order valence-electron chi connectivity index (χ3n) is 5.29. The fraction of sp³-hybridized carbons (Fsp3) is 0.185. The summed E-state index contributed by atoms with van der Waals surface area (Å²) >= 11 is 0. The van der Waals surface area contributed by atoms with Crippen LogP contribution in [0, 0.1) is 0 Å². The number of aromatic nitrogens is 1. The molecule has 3 nitrogen and oxygen atoms in total. The maximum Gasteiger partial charge on any atom is 0.338 e. The second-order valence-electron chi connectivity index (χ2n) is 8.44. The first-order valence-corrected chi connectivity index (χ1v) is 10.1. The first-order chi connectivity index (χ1) is 14.4. The van der Waals surface area contributed by atoms with E-state index in [-0.39, 0.29) is 18.0 Å². The van der Waals surface area contributed by atoms with Gasteiger partial charge in [0.15, 0.2) is 0 Å². The van der Waals surface area contributed by atoms with Crippen LogP contribution in [0.3, 0.4) is 0 Å². The van der Waals surface area contributed by atoms with Gasteiger partial charge in [-0.25, -0.2) is 4.79 Å².